The highest BCUT2D eigenvalue weighted by molar-refractivity contribution is 7.71. The van der Waals surface area contributed by atoms with Crippen LogP contribution in [0.5, 0.6) is 5.75 Å². The van der Waals surface area contributed by atoms with E-state index in [0.29, 0.717) is 16.0 Å². The topological polar surface area (TPSA) is 64.0 Å². The average molecular weight is 311 g/mol. The van der Waals surface area contributed by atoms with Gasteiger partial charge in [0.1, 0.15) is 22.3 Å². The second-order valence-corrected chi connectivity index (χ2v) is 5.76. The molecule has 0 spiro atoms. The molecule has 1 aromatic heterocycles. The molecule has 5 heteroatoms. The summed E-state index contributed by atoms with van der Waals surface area (Å²) in [6.45, 7) is 0. The first kappa shape index (κ1) is 14.6. The van der Waals surface area contributed by atoms with E-state index >= 15 is 0 Å². The predicted octanol–water partition coefficient (Wildman–Crippen LogP) is 3.55. The molecule has 0 unspecified atom stereocenters. The lowest BCUT2D eigenvalue weighted by Gasteiger charge is -2.22. The molecule has 22 heavy (non-hydrogen) atoms. The third kappa shape index (κ3) is 2.26. The molecular weight excluding hydrogens is 294 g/mol. The maximum absolute atomic E-state index is 9.54. The van der Waals surface area contributed by atoms with Crippen LogP contribution in [0.25, 0.3) is 5.69 Å². The molecule has 2 N–H and O–H groups in total. The quantitative estimate of drug-likeness (QED) is 0.862. The fraction of sp³-hybridized carbons (Fsp3) is 0.294. The van der Waals surface area contributed by atoms with Crippen molar-refractivity contribution in [1.82, 2.24) is 4.57 Å². The lowest BCUT2D eigenvalue weighted by atomic mass is 9.89. The molecule has 1 aliphatic carbocycles. The third-order valence-corrected chi connectivity index (χ3v) is 4.58. The van der Waals surface area contributed by atoms with Crippen LogP contribution in [0.15, 0.2) is 24.3 Å². The SMILES string of the molecule is COc1cccc(-n2c(N)c(C#N)c3c(c2=S)CCCC3)c1. The Morgan fingerprint density at radius 1 is 1.27 bits per heavy atom. The first-order valence-electron chi connectivity index (χ1n) is 7.28. The van der Waals surface area contributed by atoms with Crippen molar-refractivity contribution in [3.05, 3.63) is 45.6 Å². The first-order valence-corrected chi connectivity index (χ1v) is 7.69. The highest BCUT2D eigenvalue weighted by Gasteiger charge is 2.21. The monoisotopic (exact) mass is 311 g/mol. The molecule has 2 aromatic rings. The maximum atomic E-state index is 9.54. The van der Waals surface area contributed by atoms with E-state index in [9.17, 15) is 5.26 Å². The number of nitrogen functional groups attached to an aromatic ring is 1. The van der Waals surface area contributed by atoms with Gasteiger partial charge in [0, 0.05) is 6.07 Å². The van der Waals surface area contributed by atoms with Crippen LogP contribution < -0.4 is 10.5 Å². The van der Waals surface area contributed by atoms with E-state index in [1.165, 1.54) is 0 Å². The second-order valence-electron chi connectivity index (χ2n) is 5.38. The minimum Gasteiger partial charge on any atom is -0.497 e. The lowest BCUT2D eigenvalue weighted by molar-refractivity contribution is 0.414. The summed E-state index contributed by atoms with van der Waals surface area (Å²) >= 11 is 5.67. The Labute approximate surface area is 134 Å². The Balaban J connectivity index is 2.32. The van der Waals surface area contributed by atoms with Crippen molar-refractivity contribution < 1.29 is 4.74 Å². The lowest BCUT2D eigenvalue weighted by Crippen LogP contribution is -2.16. The Bertz CT molecular complexity index is 833. The van der Waals surface area contributed by atoms with E-state index in [-0.39, 0.29) is 0 Å². The van der Waals surface area contributed by atoms with Crippen molar-refractivity contribution >= 4 is 18.0 Å². The van der Waals surface area contributed by atoms with E-state index in [0.717, 1.165) is 48.2 Å². The number of fused-ring (bicyclic) bond motifs is 1. The number of aromatic nitrogens is 1. The van der Waals surface area contributed by atoms with Gasteiger partial charge in [-0.1, -0.05) is 18.3 Å². The van der Waals surface area contributed by atoms with Crippen LogP contribution in [0.3, 0.4) is 0 Å². The van der Waals surface area contributed by atoms with Crippen molar-refractivity contribution in [2.75, 3.05) is 12.8 Å². The van der Waals surface area contributed by atoms with Gasteiger partial charge >= 0.3 is 0 Å². The second kappa shape index (κ2) is 5.82. The highest BCUT2D eigenvalue weighted by Crippen LogP contribution is 2.32. The van der Waals surface area contributed by atoms with Crippen molar-refractivity contribution in [2.24, 2.45) is 0 Å². The molecule has 0 amide bonds. The third-order valence-electron chi connectivity index (χ3n) is 4.15. The van der Waals surface area contributed by atoms with E-state index in [4.69, 9.17) is 22.7 Å². The summed E-state index contributed by atoms with van der Waals surface area (Å²) in [7, 11) is 1.62. The van der Waals surface area contributed by atoms with Gasteiger partial charge in [-0.15, -0.1) is 0 Å². The molecule has 1 aromatic carbocycles. The molecule has 112 valence electrons. The van der Waals surface area contributed by atoms with Gasteiger partial charge < -0.3 is 10.5 Å². The number of nitrogens with zero attached hydrogens (tertiary/aromatic N) is 2. The smallest absolute Gasteiger partial charge is 0.127 e. The molecule has 0 saturated carbocycles. The van der Waals surface area contributed by atoms with Gasteiger partial charge in [0.15, 0.2) is 0 Å². The fourth-order valence-corrected chi connectivity index (χ4v) is 3.49. The van der Waals surface area contributed by atoms with Crippen LogP contribution in [-0.4, -0.2) is 11.7 Å². The number of hydrogen-bond donors (Lipinski definition) is 1. The van der Waals surface area contributed by atoms with Gasteiger partial charge in [-0.05, 0) is 48.9 Å². The van der Waals surface area contributed by atoms with Crippen LogP contribution in [0.2, 0.25) is 0 Å². The maximum Gasteiger partial charge on any atom is 0.127 e. The van der Waals surface area contributed by atoms with E-state index in [1.54, 1.807) is 11.7 Å². The van der Waals surface area contributed by atoms with E-state index < -0.39 is 0 Å². The van der Waals surface area contributed by atoms with Gasteiger partial charge in [-0.25, -0.2) is 0 Å². The summed E-state index contributed by atoms with van der Waals surface area (Å²) in [6, 6.07) is 9.82. The van der Waals surface area contributed by atoms with Gasteiger partial charge in [-0.3, -0.25) is 4.57 Å². The van der Waals surface area contributed by atoms with Crippen molar-refractivity contribution in [2.45, 2.75) is 25.7 Å². The van der Waals surface area contributed by atoms with Crippen LogP contribution in [-0.2, 0) is 12.8 Å². The molecule has 3 rings (SSSR count). The van der Waals surface area contributed by atoms with Crippen molar-refractivity contribution in [3.8, 4) is 17.5 Å². The molecule has 0 atom stereocenters. The minimum absolute atomic E-state index is 0.418. The fourth-order valence-electron chi connectivity index (χ4n) is 3.06. The van der Waals surface area contributed by atoms with Crippen LogP contribution in [0.4, 0.5) is 5.82 Å². The summed E-state index contributed by atoms with van der Waals surface area (Å²) in [5, 5.41) is 9.54. The van der Waals surface area contributed by atoms with Gasteiger partial charge in [0.25, 0.3) is 0 Å². The molecule has 0 fully saturated rings. The zero-order valence-electron chi connectivity index (χ0n) is 12.4. The van der Waals surface area contributed by atoms with Gasteiger partial charge in [-0.2, -0.15) is 5.26 Å². The summed E-state index contributed by atoms with van der Waals surface area (Å²) in [4.78, 5) is 0. The Morgan fingerprint density at radius 2 is 2.00 bits per heavy atom. The zero-order chi connectivity index (χ0) is 15.7. The average Bonchev–Trinajstić information content (AvgIpc) is 2.56. The van der Waals surface area contributed by atoms with Crippen LogP contribution in [0, 0.1) is 16.0 Å². The van der Waals surface area contributed by atoms with Crippen LogP contribution in [0.1, 0.15) is 29.5 Å². The zero-order valence-corrected chi connectivity index (χ0v) is 13.2. The molecule has 0 radical (unpaired) electrons. The van der Waals surface area contributed by atoms with Gasteiger partial charge in [0.2, 0.25) is 0 Å². The Hall–Kier alpha value is -2.32. The number of nitrogens with two attached hydrogens (primary N) is 1. The molecule has 1 heterocycles. The van der Waals surface area contributed by atoms with Gasteiger partial charge in [0.05, 0.1) is 18.4 Å². The number of benzene rings is 1. The molecule has 1 aliphatic rings. The van der Waals surface area contributed by atoms with Crippen LogP contribution >= 0.6 is 12.2 Å². The largest absolute Gasteiger partial charge is 0.497 e. The first-order chi connectivity index (χ1) is 10.7. The summed E-state index contributed by atoms with van der Waals surface area (Å²) in [6.07, 6.45) is 3.97. The van der Waals surface area contributed by atoms with Crippen molar-refractivity contribution in [1.29, 1.82) is 5.26 Å². The summed E-state index contributed by atoms with van der Waals surface area (Å²) in [5.41, 5.74) is 9.79. The Kier molecular flexibility index (Phi) is 3.86. The van der Waals surface area contributed by atoms with Crippen molar-refractivity contribution in [3.63, 3.8) is 0 Å². The number of rotatable bonds is 2. The molecule has 0 saturated heterocycles. The number of hydrogen-bond acceptors (Lipinski definition) is 4. The Morgan fingerprint density at radius 3 is 2.68 bits per heavy atom. The number of ether oxygens (including phenoxy) is 1. The molecule has 4 nitrogen and oxygen atoms in total. The molecule has 0 aliphatic heterocycles. The summed E-state index contributed by atoms with van der Waals surface area (Å²) in [5.74, 6) is 1.15. The number of pyridine rings is 1. The summed E-state index contributed by atoms with van der Waals surface area (Å²) < 4.78 is 7.77. The standard InChI is InChI=1S/C17H17N3OS/c1-21-12-6-4-5-11(9-12)20-16(19)15(10-18)13-7-2-3-8-14(13)17(20)22/h4-6,9H,2-3,7-8,19H2,1H3. The molecular formula is C17H17N3OS. The number of nitriles is 1. The van der Waals surface area contributed by atoms with E-state index in [1.807, 2.05) is 24.3 Å². The number of methoxy groups -OCH3 is 1. The normalized spacial score (nSPS) is 13.3. The van der Waals surface area contributed by atoms with E-state index in [2.05, 4.69) is 6.07 Å². The predicted molar refractivity (Wildman–Crippen MR) is 88.9 cm³/mol. The molecule has 0 bridgehead atoms. The highest BCUT2D eigenvalue weighted by atomic mass is 32.1. The minimum atomic E-state index is 0.418. The number of anilines is 1.